The molecule has 3 rings (SSSR count). The number of hydrogen-bond acceptors (Lipinski definition) is 8. The second-order valence-corrected chi connectivity index (χ2v) is 9.67. The molecular formula is C15H17N5O2S3. The van der Waals surface area contributed by atoms with Crippen molar-refractivity contribution in [2.75, 3.05) is 10.0 Å². The summed E-state index contributed by atoms with van der Waals surface area (Å²) < 4.78 is 26.9. The maximum absolute atomic E-state index is 12.3. The zero-order valence-electron chi connectivity index (χ0n) is 13.8. The minimum absolute atomic E-state index is 0.0245. The zero-order chi connectivity index (χ0) is 18.1. The average Bonchev–Trinajstić information content (AvgIpc) is 3.18. The van der Waals surface area contributed by atoms with E-state index in [1.807, 2.05) is 5.38 Å². The highest BCUT2D eigenvalue weighted by atomic mass is 32.2. The maximum atomic E-state index is 12.3. The predicted octanol–water partition coefficient (Wildman–Crippen LogP) is 3.84. The number of pyridine rings is 1. The van der Waals surface area contributed by atoms with Gasteiger partial charge in [-0.2, -0.15) is 0 Å². The van der Waals surface area contributed by atoms with E-state index in [1.165, 1.54) is 41.1 Å². The monoisotopic (exact) mass is 395 g/mol. The molecule has 7 nitrogen and oxygen atoms in total. The number of nitrogens with zero attached hydrogens (tertiary/aromatic N) is 3. The Hall–Kier alpha value is -2.04. The van der Waals surface area contributed by atoms with Crippen molar-refractivity contribution < 1.29 is 8.42 Å². The Morgan fingerprint density at radius 3 is 2.44 bits per heavy atom. The molecule has 25 heavy (non-hydrogen) atoms. The van der Waals surface area contributed by atoms with E-state index < -0.39 is 10.0 Å². The van der Waals surface area contributed by atoms with E-state index in [1.54, 1.807) is 11.4 Å². The van der Waals surface area contributed by atoms with Gasteiger partial charge >= 0.3 is 0 Å². The van der Waals surface area contributed by atoms with Gasteiger partial charge in [0.25, 0.3) is 10.0 Å². The molecule has 0 unspecified atom stereocenters. The Morgan fingerprint density at radius 1 is 1.08 bits per heavy atom. The first-order chi connectivity index (χ1) is 11.7. The quantitative estimate of drug-likeness (QED) is 0.681. The van der Waals surface area contributed by atoms with E-state index in [9.17, 15) is 8.42 Å². The summed E-state index contributed by atoms with van der Waals surface area (Å²) in [4.78, 5) is 12.7. The van der Waals surface area contributed by atoms with Gasteiger partial charge in [0.1, 0.15) is 10.7 Å². The lowest BCUT2D eigenvalue weighted by molar-refractivity contribution is 0.573. The summed E-state index contributed by atoms with van der Waals surface area (Å²) in [5, 5.41) is 7.82. The van der Waals surface area contributed by atoms with Gasteiger partial charge < -0.3 is 5.32 Å². The van der Waals surface area contributed by atoms with Crippen LogP contribution in [0.2, 0.25) is 0 Å². The summed E-state index contributed by atoms with van der Waals surface area (Å²) in [6.45, 7) is 6.29. The molecule has 10 heteroatoms. The van der Waals surface area contributed by atoms with Gasteiger partial charge in [-0.1, -0.05) is 20.8 Å². The van der Waals surface area contributed by atoms with Gasteiger partial charge in [-0.3, -0.25) is 4.72 Å². The van der Waals surface area contributed by atoms with Crippen molar-refractivity contribution in [2.24, 2.45) is 0 Å². The molecule has 0 aliphatic carbocycles. The standard InChI is InChI=1S/C15H17N5O2S3/c1-15(2,3)11-9-24-14(18-11)19-12-5-4-10(8-17-12)25(21,22)20-13-16-6-7-23-13/h4-9H,1-3H3,(H,16,20)(H,17,18,19). The van der Waals surface area contributed by atoms with Crippen LogP contribution in [0.25, 0.3) is 0 Å². The van der Waals surface area contributed by atoms with Crippen LogP contribution in [0.3, 0.4) is 0 Å². The largest absolute Gasteiger partial charge is 0.316 e. The minimum Gasteiger partial charge on any atom is -0.316 e. The number of thiazole rings is 2. The fourth-order valence-electron chi connectivity index (χ4n) is 1.85. The van der Waals surface area contributed by atoms with Crippen LogP contribution in [0.15, 0.2) is 40.2 Å². The SMILES string of the molecule is CC(C)(C)c1csc(Nc2ccc(S(=O)(=O)Nc3nccs3)cn2)n1. The maximum Gasteiger partial charge on any atom is 0.265 e. The van der Waals surface area contributed by atoms with Crippen LogP contribution >= 0.6 is 22.7 Å². The van der Waals surface area contributed by atoms with Crippen LogP contribution in [0.4, 0.5) is 16.1 Å². The topological polar surface area (TPSA) is 96.9 Å². The normalized spacial score (nSPS) is 12.1. The molecule has 0 aliphatic heterocycles. The zero-order valence-corrected chi connectivity index (χ0v) is 16.3. The summed E-state index contributed by atoms with van der Waals surface area (Å²) in [6.07, 6.45) is 2.84. The average molecular weight is 396 g/mol. The molecule has 0 amide bonds. The molecular weight excluding hydrogens is 378 g/mol. The summed E-state index contributed by atoms with van der Waals surface area (Å²) in [5.41, 5.74) is 0.968. The Morgan fingerprint density at radius 2 is 1.88 bits per heavy atom. The highest BCUT2D eigenvalue weighted by Crippen LogP contribution is 2.28. The molecule has 0 spiro atoms. The summed E-state index contributed by atoms with van der Waals surface area (Å²) in [6, 6.07) is 3.10. The van der Waals surface area contributed by atoms with E-state index in [0.29, 0.717) is 16.1 Å². The first-order valence-electron chi connectivity index (χ1n) is 7.35. The first-order valence-corrected chi connectivity index (χ1v) is 10.6. The molecule has 0 fully saturated rings. The molecule has 0 radical (unpaired) electrons. The third-order valence-corrected chi connectivity index (χ3v) is 6.11. The minimum atomic E-state index is -3.69. The number of anilines is 3. The molecule has 3 aromatic heterocycles. The van der Waals surface area contributed by atoms with E-state index >= 15 is 0 Å². The number of rotatable bonds is 5. The van der Waals surface area contributed by atoms with Crippen molar-refractivity contribution in [1.82, 2.24) is 15.0 Å². The molecule has 3 heterocycles. The van der Waals surface area contributed by atoms with Crippen molar-refractivity contribution in [3.63, 3.8) is 0 Å². The molecule has 0 atom stereocenters. The van der Waals surface area contributed by atoms with Crippen LogP contribution < -0.4 is 10.0 Å². The third kappa shape index (κ3) is 4.33. The Kier molecular flexibility index (Phi) is 4.76. The lowest BCUT2D eigenvalue weighted by Gasteiger charge is -2.14. The van der Waals surface area contributed by atoms with Gasteiger partial charge in [0.2, 0.25) is 0 Å². The lowest BCUT2D eigenvalue weighted by Crippen LogP contribution is -2.13. The molecule has 0 aromatic carbocycles. The number of hydrogen-bond donors (Lipinski definition) is 2. The molecule has 0 bridgehead atoms. The fraction of sp³-hybridized carbons (Fsp3) is 0.267. The van der Waals surface area contributed by atoms with E-state index in [-0.39, 0.29) is 10.3 Å². The van der Waals surface area contributed by atoms with Crippen LogP contribution in [-0.4, -0.2) is 23.4 Å². The van der Waals surface area contributed by atoms with E-state index in [2.05, 4.69) is 45.8 Å². The molecule has 132 valence electrons. The second kappa shape index (κ2) is 6.70. The van der Waals surface area contributed by atoms with Crippen LogP contribution in [0.5, 0.6) is 0 Å². The molecule has 0 saturated carbocycles. The highest BCUT2D eigenvalue weighted by molar-refractivity contribution is 7.93. The third-order valence-electron chi connectivity index (χ3n) is 3.21. The van der Waals surface area contributed by atoms with Gasteiger partial charge in [-0.15, -0.1) is 22.7 Å². The molecule has 2 N–H and O–H groups in total. The summed E-state index contributed by atoms with van der Waals surface area (Å²) >= 11 is 2.70. The lowest BCUT2D eigenvalue weighted by atomic mass is 9.93. The van der Waals surface area contributed by atoms with Crippen molar-refractivity contribution in [3.05, 3.63) is 41.0 Å². The highest BCUT2D eigenvalue weighted by Gasteiger charge is 2.18. The Labute approximate surface area is 154 Å². The van der Waals surface area contributed by atoms with Gasteiger partial charge in [0.15, 0.2) is 10.3 Å². The number of sulfonamides is 1. The van der Waals surface area contributed by atoms with Gasteiger partial charge in [0, 0.05) is 28.6 Å². The van der Waals surface area contributed by atoms with E-state index in [4.69, 9.17) is 0 Å². The Balaban J connectivity index is 1.73. The Bertz CT molecular complexity index is 942. The molecule has 0 saturated heterocycles. The van der Waals surface area contributed by atoms with Gasteiger partial charge in [0.05, 0.1) is 5.69 Å². The van der Waals surface area contributed by atoms with Crippen molar-refractivity contribution in [1.29, 1.82) is 0 Å². The van der Waals surface area contributed by atoms with E-state index in [0.717, 1.165) is 5.69 Å². The van der Waals surface area contributed by atoms with Crippen LogP contribution in [0, 0.1) is 0 Å². The van der Waals surface area contributed by atoms with Crippen LogP contribution in [-0.2, 0) is 15.4 Å². The number of nitrogens with one attached hydrogen (secondary N) is 2. The fourth-order valence-corrected chi connectivity index (χ4v) is 4.52. The van der Waals surface area contributed by atoms with Gasteiger partial charge in [-0.05, 0) is 12.1 Å². The van der Waals surface area contributed by atoms with Gasteiger partial charge in [-0.25, -0.2) is 23.4 Å². The first kappa shape index (κ1) is 17.8. The van der Waals surface area contributed by atoms with Crippen LogP contribution in [0.1, 0.15) is 26.5 Å². The summed E-state index contributed by atoms with van der Waals surface area (Å²) in [5.74, 6) is 0.531. The van der Waals surface area contributed by atoms with Crippen molar-refractivity contribution in [3.8, 4) is 0 Å². The summed E-state index contributed by atoms with van der Waals surface area (Å²) in [7, 11) is -3.69. The number of aromatic nitrogens is 3. The van der Waals surface area contributed by atoms with Crippen molar-refractivity contribution in [2.45, 2.75) is 31.1 Å². The smallest absolute Gasteiger partial charge is 0.265 e. The molecule has 0 aliphatic rings. The second-order valence-electron chi connectivity index (χ2n) is 6.23. The molecule has 3 aromatic rings. The predicted molar refractivity (Wildman–Crippen MR) is 101 cm³/mol. The van der Waals surface area contributed by atoms with Crippen molar-refractivity contribution >= 4 is 48.8 Å².